The molecule has 0 heterocycles. The summed E-state index contributed by atoms with van der Waals surface area (Å²) in [5.41, 5.74) is 19.7. The van der Waals surface area contributed by atoms with E-state index in [-0.39, 0.29) is 0 Å². The fraction of sp³-hybridized carbons (Fsp3) is 0.250. The molecule has 0 unspecified atom stereocenters. The van der Waals surface area contributed by atoms with Crippen molar-refractivity contribution in [1.82, 2.24) is 0 Å². The lowest BCUT2D eigenvalue weighted by atomic mass is 10.0. The van der Waals surface area contributed by atoms with Gasteiger partial charge in [0.25, 0.3) is 0 Å². The van der Waals surface area contributed by atoms with Crippen molar-refractivity contribution in [1.29, 1.82) is 0 Å². The molecule has 0 saturated heterocycles. The summed E-state index contributed by atoms with van der Waals surface area (Å²) in [6, 6.07) is 31.1. The van der Waals surface area contributed by atoms with Crippen molar-refractivity contribution in [2.45, 2.75) is 53.4 Å². The van der Waals surface area contributed by atoms with Crippen LogP contribution < -0.4 is 10.9 Å². The summed E-state index contributed by atoms with van der Waals surface area (Å²) in [4.78, 5) is 0. The Morgan fingerprint density at radius 2 is 0.735 bits per heavy atom. The minimum Gasteiger partial charge on any atom is -0.301 e. The maximum Gasteiger partial charge on any atom is 0.0569 e. The molecule has 0 saturated carbocycles. The van der Waals surface area contributed by atoms with Gasteiger partial charge in [0.15, 0.2) is 0 Å². The number of hydrazine groups is 1. The predicted octanol–water partition coefficient (Wildman–Crippen LogP) is 7.93. The first kappa shape index (κ1) is 23.6. The second-order valence-electron chi connectivity index (χ2n) is 9.52. The number of hydrogen-bond donors (Lipinski definition) is 2. The van der Waals surface area contributed by atoms with Gasteiger partial charge in [-0.25, -0.2) is 0 Å². The van der Waals surface area contributed by atoms with Gasteiger partial charge in [0.2, 0.25) is 0 Å². The van der Waals surface area contributed by atoms with Crippen molar-refractivity contribution in [2.24, 2.45) is 0 Å². The standard InChI is InChI=1S/C32H36N2/c1-23-5-9-27(10-6-23)13-15-29-17-19-31(25(3)21-29)33-34-32-20-18-30(22-26(32)4)16-14-28-11-7-24(2)8-12-28/h5-12,17-22,33-34H,13-16H2,1-4H3. The fourth-order valence-electron chi connectivity index (χ4n) is 4.26. The van der Waals surface area contributed by atoms with Gasteiger partial charge in [-0.3, -0.25) is 0 Å². The molecule has 0 fully saturated rings. The maximum atomic E-state index is 3.41. The molecule has 4 aromatic rings. The summed E-state index contributed by atoms with van der Waals surface area (Å²) >= 11 is 0. The molecule has 0 amide bonds. The third-order valence-corrected chi connectivity index (χ3v) is 6.56. The van der Waals surface area contributed by atoms with Crippen molar-refractivity contribution in [3.63, 3.8) is 0 Å². The first-order valence-corrected chi connectivity index (χ1v) is 12.3. The van der Waals surface area contributed by atoms with E-state index in [0.717, 1.165) is 37.1 Å². The van der Waals surface area contributed by atoms with E-state index in [1.807, 2.05) is 0 Å². The van der Waals surface area contributed by atoms with E-state index in [2.05, 4.69) is 123 Å². The van der Waals surface area contributed by atoms with E-state index in [1.165, 1.54) is 44.5 Å². The lowest BCUT2D eigenvalue weighted by molar-refractivity contribution is 0.956. The first-order chi connectivity index (χ1) is 16.5. The summed E-state index contributed by atoms with van der Waals surface area (Å²) in [6.07, 6.45) is 4.25. The highest BCUT2D eigenvalue weighted by atomic mass is 15.4. The highest BCUT2D eigenvalue weighted by Crippen LogP contribution is 2.21. The predicted molar refractivity (Wildman–Crippen MR) is 147 cm³/mol. The third-order valence-electron chi connectivity index (χ3n) is 6.56. The van der Waals surface area contributed by atoms with E-state index in [1.54, 1.807) is 0 Å². The molecule has 0 aliphatic carbocycles. The van der Waals surface area contributed by atoms with Crippen LogP contribution in [0, 0.1) is 27.7 Å². The van der Waals surface area contributed by atoms with Crippen LogP contribution in [0.2, 0.25) is 0 Å². The summed E-state index contributed by atoms with van der Waals surface area (Å²) in [7, 11) is 0. The fourth-order valence-corrected chi connectivity index (χ4v) is 4.26. The smallest absolute Gasteiger partial charge is 0.0569 e. The minimum absolute atomic E-state index is 1.06. The van der Waals surface area contributed by atoms with Crippen LogP contribution in [0.4, 0.5) is 11.4 Å². The molecule has 0 radical (unpaired) electrons. The molecule has 0 bridgehead atoms. The quantitative estimate of drug-likeness (QED) is 0.254. The van der Waals surface area contributed by atoms with Crippen LogP contribution in [0.25, 0.3) is 0 Å². The summed E-state index contributed by atoms with van der Waals surface area (Å²) in [5, 5.41) is 0. The molecule has 2 nitrogen and oxygen atoms in total. The van der Waals surface area contributed by atoms with Gasteiger partial charge in [0.05, 0.1) is 11.4 Å². The molecule has 4 aromatic carbocycles. The average molecular weight is 449 g/mol. The molecule has 2 N–H and O–H groups in total. The number of benzene rings is 4. The Kier molecular flexibility index (Phi) is 7.69. The van der Waals surface area contributed by atoms with Gasteiger partial charge in [-0.1, -0.05) is 83.9 Å². The molecule has 0 atom stereocenters. The van der Waals surface area contributed by atoms with Gasteiger partial charge in [0.1, 0.15) is 0 Å². The summed E-state index contributed by atoms with van der Waals surface area (Å²) < 4.78 is 0. The lowest BCUT2D eigenvalue weighted by Crippen LogP contribution is -2.11. The van der Waals surface area contributed by atoms with E-state index in [4.69, 9.17) is 0 Å². The van der Waals surface area contributed by atoms with Crippen LogP contribution in [0.3, 0.4) is 0 Å². The van der Waals surface area contributed by atoms with Crippen LogP contribution >= 0.6 is 0 Å². The van der Waals surface area contributed by atoms with Crippen molar-refractivity contribution in [3.8, 4) is 0 Å². The van der Waals surface area contributed by atoms with Crippen molar-refractivity contribution in [3.05, 3.63) is 129 Å². The van der Waals surface area contributed by atoms with Crippen LogP contribution in [-0.2, 0) is 25.7 Å². The molecular formula is C32H36N2. The van der Waals surface area contributed by atoms with Crippen LogP contribution in [0.15, 0.2) is 84.9 Å². The van der Waals surface area contributed by atoms with E-state index >= 15 is 0 Å². The van der Waals surface area contributed by atoms with E-state index in [9.17, 15) is 0 Å². The molecule has 174 valence electrons. The molecule has 4 rings (SSSR count). The van der Waals surface area contributed by atoms with Crippen molar-refractivity contribution >= 4 is 11.4 Å². The van der Waals surface area contributed by atoms with Gasteiger partial charge in [-0.15, -0.1) is 0 Å². The molecule has 0 spiro atoms. The Labute approximate surface area is 205 Å². The highest BCUT2D eigenvalue weighted by molar-refractivity contribution is 5.60. The SMILES string of the molecule is Cc1ccc(CCc2ccc(NNc3ccc(CCc4ccc(C)cc4)cc3C)c(C)c2)cc1. The number of nitrogens with one attached hydrogen (secondary N) is 2. The van der Waals surface area contributed by atoms with Gasteiger partial charge in [0, 0.05) is 0 Å². The highest BCUT2D eigenvalue weighted by Gasteiger charge is 2.04. The second-order valence-corrected chi connectivity index (χ2v) is 9.52. The molecule has 2 heteroatoms. The number of aryl methyl sites for hydroxylation is 8. The Morgan fingerprint density at radius 3 is 1.09 bits per heavy atom. The van der Waals surface area contributed by atoms with Crippen LogP contribution in [-0.4, -0.2) is 0 Å². The largest absolute Gasteiger partial charge is 0.301 e. The Bertz CT molecular complexity index is 1120. The zero-order valence-electron chi connectivity index (χ0n) is 20.9. The van der Waals surface area contributed by atoms with Crippen LogP contribution in [0.1, 0.15) is 44.5 Å². The Morgan fingerprint density at radius 1 is 0.412 bits per heavy atom. The lowest BCUT2D eigenvalue weighted by Gasteiger charge is -2.16. The molecule has 0 aromatic heterocycles. The van der Waals surface area contributed by atoms with E-state index < -0.39 is 0 Å². The first-order valence-electron chi connectivity index (χ1n) is 12.3. The number of rotatable bonds is 9. The molecule has 0 aliphatic rings. The summed E-state index contributed by atoms with van der Waals surface area (Å²) in [6.45, 7) is 8.60. The second kappa shape index (κ2) is 11.1. The van der Waals surface area contributed by atoms with Crippen molar-refractivity contribution < 1.29 is 0 Å². The topological polar surface area (TPSA) is 24.1 Å². The zero-order chi connectivity index (χ0) is 23.9. The average Bonchev–Trinajstić information content (AvgIpc) is 2.83. The van der Waals surface area contributed by atoms with Crippen molar-refractivity contribution in [2.75, 3.05) is 10.9 Å². The normalized spacial score (nSPS) is 10.8. The van der Waals surface area contributed by atoms with Gasteiger partial charge < -0.3 is 10.9 Å². The zero-order valence-corrected chi connectivity index (χ0v) is 20.9. The Hall–Kier alpha value is -3.52. The maximum absolute atomic E-state index is 3.41. The minimum atomic E-state index is 1.06. The molecular weight excluding hydrogens is 412 g/mol. The van der Waals surface area contributed by atoms with Crippen LogP contribution in [0.5, 0.6) is 0 Å². The monoisotopic (exact) mass is 448 g/mol. The number of hydrogen-bond acceptors (Lipinski definition) is 2. The molecule has 34 heavy (non-hydrogen) atoms. The third kappa shape index (κ3) is 6.51. The van der Waals surface area contributed by atoms with Gasteiger partial charge in [-0.2, -0.15) is 0 Å². The Balaban J connectivity index is 1.30. The van der Waals surface area contributed by atoms with Gasteiger partial charge >= 0.3 is 0 Å². The van der Waals surface area contributed by atoms with Gasteiger partial charge in [-0.05, 0) is 98.9 Å². The van der Waals surface area contributed by atoms with E-state index in [0.29, 0.717) is 0 Å². The number of anilines is 2. The summed E-state index contributed by atoms with van der Waals surface area (Å²) in [5.74, 6) is 0. The molecule has 0 aliphatic heterocycles.